The molecule has 1 aliphatic rings. The molecule has 150 valence electrons. The van der Waals surface area contributed by atoms with Gasteiger partial charge >= 0.3 is 0 Å². The molecule has 0 spiro atoms. The summed E-state index contributed by atoms with van der Waals surface area (Å²) in [4.78, 5) is 16.4. The minimum absolute atomic E-state index is 0.0306. The van der Waals surface area contributed by atoms with Crippen LogP contribution in [0.4, 0.5) is 0 Å². The number of fused-ring (bicyclic) bond motifs is 3. The number of para-hydroxylation sites is 1. The van der Waals surface area contributed by atoms with E-state index < -0.39 is 10.0 Å². The molecular weight excluding hydrogens is 408 g/mol. The third-order valence-electron chi connectivity index (χ3n) is 5.10. The van der Waals surface area contributed by atoms with Gasteiger partial charge in [-0.3, -0.25) is 4.79 Å². The predicted molar refractivity (Wildman–Crippen MR) is 112 cm³/mol. The van der Waals surface area contributed by atoms with Crippen molar-refractivity contribution >= 4 is 27.3 Å². The van der Waals surface area contributed by atoms with Crippen LogP contribution in [0.5, 0.6) is 5.75 Å². The number of amides is 1. The SMILES string of the molecule is CC(c1cccc(S(N)(=O)=O)c1)N(C)C(=O)c1cc2c(s1)-c1ccccc1OC2. The number of nitrogens with zero attached hydrogens (tertiary/aromatic N) is 1. The Morgan fingerprint density at radius 2 is 1.93 bits per heavy atom. The number of carbonyl (C=O) groups excluding carboxylic acids is 1. The first-order valence-electron chi connectivity index (χ1n) is 9.00. The van der Waals surface area contributed by atoms with Crippen molar-refractivity contribution in [3.05, 3.63) is 70.6 Å². The van der Waals surface area contributed by atoms with E-state index in [9.17, 15) is 13.2 Å². The Labute approximate surface area is 173 Å². The van der Waals surface area contributed by atoms with E-state index in [0.717, 1.165) is 21.8 Å². The minimum Gasteiger partial charge on any atom is -0.488 e. The number of carbonyl (C=O) groups is 1. The number of primary sulfonamides is 1. The van der Waals surface area contributed by atoms with Gasteiger partial charge in [0.1, 0.15) is 12.4 Å². The van der Waals surface area contributed by atoms with Crippen LogP contribution in [0, 0.1) is 0 Å². The molecule has 1 amide bonds. The molecule has 0 radical (unpaired) electrons. The molecule has 1 aliphatic heterocycles. The first-order valence-corrected chi connectivity index (χ1v) is 11.4. The average molecular weight is 429 g/mol. The summed E-state index contributed by atoms with van der Waals surface area (Å²) in [6.45, 7) is 2.29. The molecule has 4 rings (SSSR count). The summed E-state index contributed by atoms with van der Waals surface area (Å²) in [5.41, 5.74) is 2.69. The van der Waals surface area contributed by atoms with E-state index >= 15 is 0 Å². The van der Waals surface area contributed by atoms with Gasteiger partial charge in [0.25, 0.3) is 5.91 Å². The summed E-state index contributed by atoms with van der Waals surface area (Å²) in [5.74, 6) is 0.692. The zero-order chi connectivity index (χ0) is 20.8. The second-order valence-electron chi connectivity index (χ2n) is 6.96. The Morgan fingerprint density at radius 1 is 1.17 bits per heavy atom. The summed E-state index contributed by atoms with van der Waals surface area (Å²) in [5, 5.41) is 5.23. The van der Waals surface area contributed by atoms with E-state index in [4.69, 9.17) is 9.88 Å². The van der Waals surface area contributed by atoms with Gasteiger partial charge in [0.2, 0.25) is 10.0 Å². The van der Waals surface area contributed by atoms with Crippen molar-refractivity contribution in [1.82, 2.24) is 4.90 Å². The molecule has 3 aromatic rings. The van der Waals surface area contributed by atoms with Crippen LogP contribution in [0.3, 0.4) is 0 Å². The minimum atomic E-state index is -3.80. The fraction of sp³-hybridized carbons (Fsp3) is 0.190. The topological polar surface area (TPSA) is 89.7 Å². The highest BCUT2D eigenvalue weighted by atomic mass is 32.2. The lowest BCUT2D eigenvalue weighted by Gasteiger charge is -2.25. The Hall–Kier alpha value is -2.68. The highest BCUT2D eigenvalue weighted by Gasteiger charge is 2.26. The number of hydrogen-bond donors (Lipinski definition) is 1. The maximum atomic E-state index is 13.1. The van der Waals surface area contributed by atoms with Gasteiger partial charge in [0.05, 0.1) is 15.8 Å². The molecule has 0 bridgehead atoms. The molecule has 2 heterocycles. The Bertz CT molecular complexity index is 1200. The van der Waals surface area contributed by atoms with E-state index in [2.05, 4.69) is 0 Å². The van der Waals surface area contributed by atoms with Crippen LogP contribution in [-0.2, 0) is 16.6 Å². The van der Waals surface area contributed by atoms with Crippen LogP contribution in [-0.4, -0.2) is 26.3 Å². The number of rotatable bonds is 4. The summed E-state index contributed by atoms with van der Waals surface area (Å²) in [6, 6.07) is 15.7. The van der Waals surface area contributed by atoms with Crippen LogP contribution in [0.1, 0.15) is 33.8 Å². The molecule has 1 aromatic heterocycles. The van der Waals surface area contributed by atoms with Gasteiger partial charge < -0.3 is 9.64 Å². The summed E-state index contributed by atoms with van der Waals surface area (Å²) in [6.07, 6.45) is 0. The molecule has 0 fully saturated rings. The standard InChI is InChI=1S/C21H20N2O4S2/c1-13(14-6-5-7-16(10-14)29(22,25)26)23(2)21(24)19-11-15-12-27-18-9-4-3-8-17(18)20(15)28-19/h3-11,13H,12H2,1-2H3,(H2,22,25,26). The van der Waals surface area contributed by atoms with Gasteiger partial charge in [-0.2, -0.15) is 0 Å². The number of ether oxygens (including phenoxy) is 1. The zero-order valence-electron chi connectivity index (χ0n) is 16.0. The van der Waals surface area contributed by atoms with Crippen LogP contribution in [0.2, 0.25) is 0 Å². The van der Waals surface area contributed by atoms with Crippen LogP contribution in [0.25, 0.3) is 10.4 Å². The van der Waals surface area contributed by atoms with Gasteiger partial charge in [-0.25, -0.2) is 13.6 Å². The Balaban J connectivity index is 1.62. The highest BCUT2D eigenvalue weighted by molar-refractivity contribution is 7.89. The second-order valence-corrected chi connectivity index (χ2v) is 9.57. The molecule has 0 saturated heterocycles. The van der Waals surface area contributed by atoms with Crippen molar-refractivity contribution in [3.63, 3.8) is 0 Å². The molecule has 1 unspecified atom stereocenters. The molecule has 6 nitrogen and oxygen atoms in total. The summed E-state index contributed by atoms with van der Waals surface area (Å²) < 4.78 is 29.0. The Kier molecular flexibility index (Phi) is 4.94. The first kappa shape index (κ1) is 19.6. The largest absolute Gasteiger partial charge is 0.488 e. The molecule has 8 heteroatoms. The predicted octanol–water partition coefficient (Wildman–Crippen LogP) is 3.79. The van der Waals surface area contributed by atoms with Crippen molar-refractivity contribution in [2.75, 3.05) is 7.05 Å². The molecule has 29 heavy (non-hydrogen) atoms. The quantitative estimate of drug-likeness (QED) is 0.685. The number of hydrogen-bond acceptors (Lipinski definition) is 5. The molecular formula is C21H20N2O4S2. The number of benzene rings is 2. The third kappa shape index (κ3) is 3.66. The molecule has 0 saturated carbocycles. The van der Waals surface area contributed by atoms with Gasteiger partial charge in [-0.15, -0.1) is 11.3 Å². The summed E-state index contributed by atoms with van der Waals surface area (Å²) >= 11 is 1.45. The monoisotopic (exact) mass is 428 g/mol. The van der Waals surface area contributed by atoms with Crippen LogP contribution in [0.15, 0.2) is 59.5 Å². The highest BCUT2D eigenvalue weighted by Crippen LogP contribution is 2.42. The van der Waals surface area contributed by atoms with E-state index in [1.54, 1.807) is 24.1 Å². The molecule has 2 N–H and O–H groups in total. The van der Waals surface area contributed by atoms with Crippen molar-refractivity contribution in [3.8, 4) is 16.2 Å². The fourth-order valence-corrected chi connectivity index (χ4v) is 5.08. The van der Waals surface area contributed by atoms with Crippen molar-refractivity contribution < 1.29 is 17.9 Å². The lowest BCUT2D eigenvalue weighted by atomic mass is 10.1. The third-order valence-corrected chi connectivity index (χ3v) is 7.21. The lowest BCUT2D eigenvalue weighted by molar-refractivity contribution is 0.0747. The number of sulfonamides is 1. The van der Waals surface area contributed by atoms with E-state index in [1.165, 1.54) is 23.5 Å². The van der Waals surface area contributed by atoms with Gasteiger partial charge in [-0.1, -0.05) is 24.3 Å². The molecule has 2 aromatic carbocycles. The zero-order valence-corrected chi connectivity index (χ0v) is 17.6. The van der Waals surface area contributed by atoms with Crippen molar-refractivity contribution in [1.29, 1.82) is 0 Å². The summed E-state index contributed by atoms with van der Waals surface area (Å²) in [7, 11) is -2.09. The van der Waals surface area contributed by atoms with Crippen LogP contribution < -0.4 is 9.88 Å². The van der Waals surface area contributed by atoms with E-state index in [-0.39, 0.29) is 16.8 Å². The fourth-order valence-electron chi connectivity index (χ4n) is 3.33. The molecule has 0 aliphatic carbocycles. The van der Waals surface area contributed by atoms with Gasteiger partial charge in [0, 0.05) is 23.1 Å². The molecule has 1 atom stereocenters. The van der Waals surface area contributed by atoms with Gasteiger partial charge in [-0.05, 0) is 42.8 Å². The van der Waals surface area contributed by atoms with E-state index in [1.807, 2.05) is 37.3 Å². The van der Waals surface area contributed by atoms with E-state index in [0.29, 0.717) is 17.0 Å². The smallest absolute Gasteiger partial charge is 0.264 e. The normalized spacial score (nSPS) is 13.8. The van der Waals surface area contributed by atoms with Crippen molar-refractivity contribution in [2.45, 2.75) is 24.5 Å². The maximum Gasteiger partial charge on any atom is 0.264 e. The maximum absolute atomic E-state index is 13.1. The second kappa shape index (κ2) is 7.29. The van der Waals surface area contributed by atoms with Gasteiger partial charge in [0.15, 0.2) is 0 Å². The van der Waals surface area contributed by atoms with Crippen molar-refractivity contribution in [2.24, 2.45) is 5.14 Å². The van der Waals surface area contributed by atoms with Crippen LogP contribution >= 0.6 is 11.3 Å². The number of nitrogens with two attached hydrogens (primary N) is 1. The average Bonchev–Trinajstić information content (AvgIpc) is 3.16. The number of thiophene rings is 1. The first-order chi connectivity index (χ1) is 13.8. The Morgan fingerprint density at radius 3 is 2.69 bits per heavy atom. The lowest BCUT2D eigenvalue weighted by Crippen LogP contribution is -2.29.